The van der Waals surface area contributed by atoms with E-state index in [0.29, 0.717) is 0 Å². The maximum atomic E-state index is 5.63. The number of nitrogens with one attached hydrogen (secondary N) is 1. The van der Waals surface area contributed by atoms with E-state index in [2.05, 4.69) is 39.9 Å². The number of rotatable bonds is 7. The van der Waals surface area contributed by atoms with E-state index >= 15 is 0 Å². The molecule has 86 valence electrons. The molecule has 0 aromatic rings. The second kappa shape index (κ2) is 7.24. The highest BCUT2D eigenvalue weighted by atomic mass is 16.5. The van der Waals surface area contributed by atoms with Gasteiger partial charge in [0.05, 0.1) is 5.60 Å². The summed E-state index contributed by atoms with van der Waals surface area (Å²) in [4.78, 5) is 0. The maximum absolute atomic E-state index is 5.63. The van der Waals surface area contributed by atoms with Crippen LogP contribution in [0, 0.1) is 5.92 Å². The molecule has 0 saturated carbocycles. The standard InChI is InChI=1S/C12H27NO/c1-11(2)10-13-8-6-7-9-14-12(3,4)5/h11,13H,6-10H2,1-5H3. The monoisotopic (exact) mass is 201 g/mol. The summed E-state index contributed by atoms with van der Waals surface area (Å²) in [7, 11) is 0. The lowest BCUT2D eigenvalue weighted by Gasteiger charge is -2.19. The van der Waals surface area contributed by atoms with Gasteiger partial charge in [-0.3, -0.25) is 0 Å². The van der Waals surface area contributed by atoms with Gasteiger partial charge in [-0.15, -0.1) is 0 Å². The highest BCUT2D eigenvalue weighted by Crippen LogP contribution is 2.07. The van der Waals surface area contributed by atoms with Crippen LogP contribution in [0.5, 0.6) is 0 Å². The summed E-state index contributed by atoms with van der Waals surface area (Å²) >= 11 is 0. The quantitative estimate of drug-likeness (QED) is 0.640. The van der Waals surface area contributed by atoms with Crippen molar-refractivity contribution in [2.24, 2.45) is 5.92 Å². The zero-order valence-corrected chi connectivity index (χ0v) is 10.5. The average Bonchev–Trinajstić information content (AvgIpc) is 2.00. The third kappa shape index (κ3) is 11.9. The summed E-state index contributed by atoms with van der Waals surface area (Å²) in [5, 5.41) is 3.43. The van der Waals surface area contributed by atoms with Crippen LogP contribution >= 0.6 is 0 Å². The fourth-order valence-corrected chi connectivity index (χ4v) is 1.12. The lowest BCUT2D eigenvalue weighted by atomic mass is 10.2. The first kappa shape index (κ1) is 13.9. The Morgan fingerprint density at radius 2 is 1.79 bits per heavy atom. The van der Waals surface area contributed by atoms with Crippen LogP contribution in [-0.4, -0.2) is 25.3 Å². The van der Waals surface area contributed by atoms with E-state index in [1.54, 1.807) is 0 Å². The molecule has 0 amide bonds. The van der Waals surface area contributed by atoms with Gasteiger partial charge in [0.15, 0.2) is 0 Å². The zero-order chi connectivity index (χ0) is 11.0. The van der Waals surface area contributed by atoms with Crippen LogP contribution in [0.15, 0.2) is 0 Å². The molecule has 0 aromatic heterocycles. The van der Waals surface area contributed by atoms with Crippen LogP contribution in [0.4, 0.5) is 0 Å². The molecule has 0 fully saturated rings. The third-order valence-corrected chi connectivity index (χ3v) is 1.84. The summed E-state index contributed by atoms with van der Waals surface area (Å²) in [5.74, 6) is 0.751. The SMILES string of the molecule is CC(C)CNCCCCOC(C)(C)C. The number of hydrogen-bond acceptors (Lipinski definition) is 2. The normalized spacial score (nSPS) is 12.4. The van der Waals surface area contributed by atoms with Gasteiger partial charge in [0.25, 0.3) is 0 Å². The Kier molecular flexibility index (Phi) is 7.20. The van der Waals surface area contributed by atoms with Crippen molar-refractivity contribution >= 4 is 0 Å². The topological polar surface area (TPSA) is 21.3 Å². The second-order valence-electron chi connectivity index (χ2n) is 5.27. The van der Waals surface area contributed by atoms with Crippen LogP contribution in [-0.2, 0) is 4.74 Å². The van der Waals surface area contributed by atoms with Crippen molar-refractivity contribution in [3.63, 3.8) is 0 Å². The Morgan fingerprint density at radius 1 is 1.14 bits per heavy atom. The lowest BCUT2D eigenvalue weighted by molar-refractivity contribution is -0.00452. The van der Waals surface area contributed by atoms with Crippen molar-refractivity contribution in [3.8, 4) is 0 Å². The van der Waals surface area contributed by atoms with E-state index in [4.69, 9.17) is 4.74 Å². The Morgan fingerprint density at radius 3 is 2.29 bits per heavy atom. The lowest BCUT2D eigenvalue weighted by Crippen LogP contribution is -2.22. The molecule has 0 atom stereocenters. The number of hydrogen-bond donors (Lipinski definition) is 1. The molecule has 2 heteroatoms. The van der Waals surface area contributed by atoms with Crippen molar-refractivity contribution in [2.75, 3.05) is 19.7 Å². The van der Waals surface area contributed by atoms with E-state index in [0.717, 1.165) is 32.0 Å². The minimum atomic E-state index is 0.0192. The summed E-state index contributed by atoms with van der Waals surface area (Å²) in [6, 6.07) is 0. The van der Waals surface area contributed by atoms with Gasteiger partial charge >= 0.3 is 0 Å². The molecule has 0 aromatic carbocycles. The first-order valence-electron chi connectivity index (χ1n) is 5.76. The van der Waals surface area contributed by atoms with E-state index in [1.165, 1.54) is 6.42 Å². The van der Waals surface area contributed by atoms with Gasteiger partial charge in [-0.1, -0.05) is 13.8 Å². The zero-order valence-electron chi connectivity index (χ0n) is 10.5. The van der Waals surface area contributed by atoms with Crippen LogP contribution in [0.1, 0.15) is 47.5 Å². The largest absolute Gasteiger partial charge is 0.376 e. The van der Waals surface area contributed by atoms with E-state index < -0.39 is 0 Å². The summed E-state index contributed by atoms with van der Waals surface area (Å²) in [6.45, 7) is 13.9. The first-order chi connectivity index (χ1) is 6.42. The molecule has 0 aliphatic heterocycles. The summed E-state index contributed by atoms with van der Waals surface area (Å²) in [5.41, 5.74) is 0.0192. The molecule has 14 heavy (non-hydrogen) atoms. The van der Waals surface area contributed by atoms with Gasteiger partial charge < -0.3 is 10.1 Å². The van der Waals surface area contributed by atoms with Crippen LogP contribution in [0.3, 0.4) is 0 Å². The van der Waals surface area contributed by atoms with Gasteiger partial charge in [-0.25, -0.2) is 0 Å². The Labute approximate surface area is 89.4 Å². The highest BCUT2D eigenvalue weighted by Gasteiger charge is 2.08. The van der Waals surface area contributed by atoms with Crippen molar-refractivity contribution in [1.82, 2.24) is 5.32 Å². The van der Waals surface area contributed by atoms with Gasteiger partial charge in [0, 0.05) is 6.61 Å². The molecule has 0 aliphatic carbocycles. The molecule has 0 rings (SSSR count). The van der Waals surface area contributed by atoms with Crippen molar-refractivity contribution in [3.05, 3.63) is 0 Å². The fraction of sp³-hybridized carbons (Fsp3) is 1.00. The predicted molar refractivity (Wildman–Crippen MR) is 62.6 cm³/mol. The first-order valence-corrected chi connectivity index (χ1v) is 5.76. The summed E-state index contributed by atoms with van der Waals surface area (Å²) in [6.07, 6.45) is 2.37. The Bertz CT molecular complexity index is 127. The minimum Gasteiger partial charge on any atom is -0.376 e. The number of ether oxygens (including phenoxy) is 1. The van der Waals surface area contributed by atoms with Crippen molar-refractivity contribution in [2.45, 2.75) is 53.1 Å². The molecule has 0 radical (unpaired) electrons. The maximum Gasteiger partial charge on any atom is 0.0598 e. The van der Waals surface area contributed by atoms with Crippen LogP contribution < -0.4 is 5.32 Å². The van der Waals surface area contributed by atoms with Crippen LogP contribution in [0.2, 0.25) is 0 Å². The van der Waals surface area contributed by atoms with Gasteiger partial charge in [0.1, 0.15) is 0 Å². The highest BCUT2D eigenvalue weighted by molar-refractivity contribution is 4.58. The van der Waals surface area contributed by atoms with Gasteiger partial charge in [0.2, 0.25) is 0 Å². The van der Waals surface area contributed by atoms with Gasteiger partial charge in [-0.05, 0) is 52.6 Å². The molecular formula is C12H27NO. The molecule has 0 saturated heterocycles. The van der Waals surface area contributed by atoms with E-state index in [-0.39, 0.29) is 5.60 Å². The number of unbranched alkanes of at least 4 members (excludes halogenated alkanes) is 1. The molecule has 0 spiro atoms. The molecular weight excluding hydrogens is 174 g/mol. The van der Waals surface area contributed by atoms with Crippen LogP contribution in [0.25, 0.3) is 0 Å². The fourth-order valence-electron chi connectivity index (χ4n) is 1.12. The van der Waals surface area contributed by atoms with Crippen molar-refractivity contribution in [1.29, 1.82) is 0 Å². The Hall–Kier alpha value is -0.0800. The Balaban J connectivity index is 3.07. The van der Waals surface area contributed by atoms with E-state index in [9.17, 15) is 0 Å². The second-order valence-corrected chi connectivity index (χ2v) is 5.27. The van der Waals surface area contributed by atoms with Gasteiger partial charge in [-0.2, -0.15) is 0 Å². The minimum absolute atomic E-state index is 0.0192. The summed E-state index contributed by atoms with van der Waals surface area (Å²) < 4.78 is 5.63. The predicted octanol–water partition coefficient (Wildman–Crippen LogP) is 2.83. The van der Waals surface area contributed by atoms with E-state index in [1.807, 2.05) is 0 Å². The molecule has 0 unspecified atom stereocenters. The molecule has 0 heterocycles. The molecule has 2 nitrogen and oxygen atoms in total. The third-order valence-electron chi connectivity index (χ3n) is 1.84. The van der Waals surface area contributed by atoms with Crippen molar-refractivity contribution < 1.29 is 4.74 Å². The average molecular weight is 201 g/mol. The smallest absolute Gasteiger partial charge is 0.0598 e. The molecule has 1 N–H and O–H groups in total. The molecule has 0 bridgehead atoms. The molecule has 0 aliphatic rings.